The first kappa shape index (κ1) is 19.7. The normalized spacial score (nSPS) is 22.7. The molecule has 3 unspecified atom stereocenters. The number of aliphatic hydroxyl groups is 3. The first-order valence-electron chi connectivity index (χ1n) is 9.72. The highest BCUT2D eigenvalue weighted by atomic mass is 16.5. The van der Waals surface area contributed by atoms with E-state index < -0.39 is 18.3 Å². The molecule has 0 saturated carbocycles. The van der Waals surface area contributed by atoms with Crippen LogP contribution in [-0.4, -0.2) is 34.1 Å². The SMILES string of the molecule is CCCCCC(O)c1cccc(OCC2=CC=C3CC(O)C(O)C=C3N2)c1. The summed E-state index contributed by atoms with van der Waals surface area (Å²) in [6.07, 6.45) is 7.94. The average molecular weight is 371 g/mol. The van der Waals surface area contributed by atoms with E-state index >= 15 is 0 Å². The number of ether oxygens (including phenoxy) is 1. The Balaban J connectivity index is 1.58. The Labute approximate surface area is 160 Å². The molecule has 0 fully saturated rings. The molecule has 1 heterocycles. The lowest BCUT2D eigenvalue weighted by Gasteiger charge is -2.29. The zero-order valence-corrected chi connectivity index (χ0v) is 15.8. The fourth-order valence-electron chi connectivity index (χ4n) is 3.35. The molecule has 1 aromatic rings. The van der Waals surface area contributed by atoms with Crippen molar-refractivity contribution in [3.05, 3.63) is 65.0 Å². The lowest BCUT2D eigenvalue weighted by atomic mass is 9.92. The van der Waals surface area contributed by atoms with Crippen LogP contribution in [0.25, 0.3) is 0 Å². The van der Waals surface area contributed by atoms with E-state index in [-0.39, 0.29) is 0 Å². The molecule has 1 aliphatic carbocycles. The third-order valence-electron chi connectivity index (χ3n) is 5.01. The highest BCUT2D eigenvalue weighted by Crippen LogP contribution is 2.27. The molecule has 2 aliphatic rings. The van der Waals surface area contributed by atoms with Gasteiger partial charge in [-0.3, -0.25) is 0 Å². The molecule has 4 N–H and O–H groups in total. The monoisotopic (exact) mass is 371 g/mol. The maximum atomic E-state index is 10.3. The molecular formula is C22H29NO4. The molecule has 0 spiro atoms. The number of rotatable bonds is 8. The van der Waals surface area contributed by atoms with Crippen molar-refractivity contribution in [3.8, 4) is 5.75 Å². The Bertz CT molecular complexity index is 738. The Morgan fingerprint density at radius 2 is 2.07 bits per heavy atom. The third-order valence-corrected chi connectivity index (χ3v) is 5.01. The number of aliphatic hydroxyl groups excluding tert-OH is 3. The van der Waals surface area contributed by atoms with Crippen molar-refractivity contribution >= 4 is 0 Å². The van der Waals surface area contributed by atoms with Crippen molar-refractivity contribution in [2.45, 2.75) is 57.3 Å². The molecule has 3 atom stereocenters. The summed E-state index contributed by atoms with van der Waals surface area (Å²) >= 11 is 0. The van der Waals surface area contributed by atoms with Gasteiger partial charge >= 0.3 is 0 Å². The van der Waals surface area contributed by atoms with Crippen LogP contribution in [0.4, 0.5) is 0 Å². The maximum absolute atomic E-state index is 10.3. The van der Waals surface area contributed by atoms with E-state index in [9.17, 15) is 15.3 Å². The summed E-state index contributed by atoms with van der Waals surface area (Å²) in [5.74, 6) is 0.715. The van der Waals surface area contributed by atoms with Crippen molar-refractivity contribution < 1.29 is 20.1 Å². The Morgan fingerprint density at radius 1 is 1.22 bits per heavy atom. The fourth-order valence-corrected chi connectivity index (χ4v) is 3.35. The molecule has 0 amide bonds. The molecule has 27 heavy (non-hydrogen) atoms. The highest BCUT2D eigenvalue weighted by Gasteiger charge is 2.25. The number of fused-ring (bicyclic) bond motifs is 1. The molecule has 5 heteroatoms. The van der Waals surface area contributed by atoms with Crippen LogP contribution in [0.5, 0.6) is 5.75 Å². The van der Waals surface area contributed by atoms with Crippen molar-refractivity contribution in [2.24, 2.45) is 0 Å². The highest BCUT2D eigenvalue weighted by molar-refractivity contribution is 5.43. The Hall–Kier alpha value is -2.08. The average Bonchev–Trinajstić information content (AvgIpc) is 2.67. The summed E-state index contributed by atoms with van der Waals surface area (Å²) in [6, 6.07) is 7.60. The number of benzene rings is 1. The first-order chi connectivity index (χ1) is 13.1. The predicted molar refractivity (Wildman–Crippen MR) is 105 cm³/mol. The summed E-state index contributed by atoms with van der Waals surface area (Å²) in [5.41, 5.74) is 3.56. The van der Waals surface area contributed by atoms with Crippen LogP contribution in [-0.2, 0) is 0 Å². The fraction of sp³-hybridized carbons (Fsp3) is 0.455. The van der Waals surface area contributed by atoms with Gasteiger partial charge in [-0.2, -0.15) is 0 Å². The molecule has 5 nitrogen and oxygen atoms in total. The minimum Gasteiger partial charge on any atom is -0.487 e. The van der Waals surface area contributed by atoms with E-state index in [1.807, 2.05) is 36.4 Å². The maximum Gasteiger partial charge on any atom is 0.128 e. The third kappa shape index (κ3) is 5.22. The first-order valence-corrected chi connectivity index (χ1v) is 9.72. The number of nitrogens with one attached hydrogen (secondary N) is 1. The summed E-state index contributed by atoms with van der Waals surface area (Å²) in [4.78, 5) is 0. The number of unbranched alkanes of at least 4 members (excludes halogenated alkanes) is 2. The van der Waals surface area contributed by atoms with Crippen LogP contribution in [0.3, 0.4) is 0 Å². The van der Waals surface area contributed by atoms with Crippen molar-refractivity contribution in [1.82, 2.24) is 5.32 Å². The molecule has 146 valence electrons. The van der Waals surface area contributed by atoms with Gasteiger partial charge in [0.05, 0.1) is 17.9 Å². The summed E-state index contributed by atoms with van der Waals surface area (Å²) in [5, 5.41) is 33.1. The van der Waals surface area contributed by atoms with Gasteiger partial charge in [0.25, 0.3) is 0 Å². The minimum atomic E-state index is -0.851. The van der Waals surface area contributed by atoms with Gasteiger partial charge in [0, 0.05) is 12.1 Å². The summed E-state index contributed by atoms with van der Waals surface area (Å²) in [7, 11) is 0. The van der Waals surface area contributed by atoms with Gasteiger partial charge in [-0.05, 0) is 41.8 Å². The lowest BCUT2D eigenvalue weighted by molar-refractivity contribution is 0.0448. The van der Waals surface area contributed by atoms with E-state index in [0.29, 0.717) is 18.8 Å². The smallest absolute Gasteiger partial charge is 0.128 e. The van der Waals surface area contributed by atoms with Crippen LogP contribution in [0.1, 0.15) is 50.7 Å². The van der Waals surface area contributed by atoms with Crippen LogP contribution in [0.2, 0.25) is 0 Å². The molecule has 0 bridgehead atoms. The number of allylic oxidation sites excluding steroid dienone is 3. The largest absolute Gasteiger partial charge is 0.487 e. The lowest BCUT2D eigenvalue weighted by Crippen LogP contribution is -2.34. The number of hydrogen-bond donors (Lipinski definition) is 4. The molecule has 1 aliphatic heterocycles. The van der Waals surface area contributed by atoms with E-state index in [0.717, 1.165) is 48.2 Å². The van der Waals surface area contributed by atoms with Crippen molar-refractivity contribution in [3.63, 3.8) is 0 Å². The quantitative estimate of drug-likeness (QED) is 0.528. The van der Waals surface area contributed by atoms with Gasteiger partial charge in [-0.15, -0.1) is 0 Å². The zero-order valence-electron chi connectivity index (χ0n) is 15.8. The molecule has 3 rings (SSSR count). The molecule has 1 aromatic carbocycles. The molecule has 0 radical (unpaired) electrons. The van der Waals surface area contributed by atoms with E-state index in [2.05, 4.69) is 12.2 Å². The van der Waals surface area contributed by atoms with Gasteiger partial charge in [0.1, 0.15) is 18.5 Å². The van der Waals surface area contributed by atoms with Crippen LogP contribution >= 0.6 is 0 Å². The predicted octanol–water partition coefficient (Wildman–Crippen LogP) is 3.10. The Kier molecular flexibility index (Phi) is 6.72. The molecular weight excluding hydrogens is 342 g/mol. The van der Waals surface area contributed by atoms with Crippen LogP contribution in [0.15, 0.2) is 59.5 Å². The van der Waals surface area contributed by atoms with Crippen molar-refractivity contribution in [1.29, 1.82) is 0 Å². The number of dihydropyridines is 1. The summed E-state index contributed by atoms with van der Waals surface area (Å²) in [6.45, 7) is 2.51. The molecule has 0 aromatic heterocycles. The van der Waals surface area contributed by atoms with Crippen molar-refractivity contribution in [2.75, 3.05) is 6.61 Å². The topological polar surface area (TPSA) is 82.0 Å². The van der Waals surface area contributed by atoms with Crippen LogP contribution < -0.4 is 10.1 Å². The van der Waals surface area contributed by atoms with Gasteiger partial charge in [0.15, 0.2) is 0 Å². The van der Waals surface area contributed by atoms with Crippen LogP contribution in [0, 0.1) is 0 Å². The second-order valence-electron chi connectivity index (χ2n) is 7.22. The van der Waals surface area contributed by atoms with E-state index in [4.69, 9.17) is 4.74 Å². The Morgan fingerprint density at radius 3 is 2.89 bits per heavy atom. The van der Waals surface area contributed by atoms with Gasteiger partial charge < -0.3 is 25.4 Å². The van der Waals surface area contributed by atoms with E-state index in [1.54, 1.807) is 6.08 Å². The summed E-state index contributed by atoms with van der Waals surface area (Å²) < 4.78 is 5.88. The van der Waals surface area contributed by atoms with Gasteiger partial charge in [-0.1, -0.05) is 44.4 Å². The molecule has 0 saturated heterocycles. The van der Waals surface area contributed by atoms with Gasteiger partial charge in [0.2, 0.25) is 0 Å². The standard InChI is InChI=1S/C22H29NO4/c1-2-3-4-8-20(24)16-6-5-7-18(11-16)27-14-17-10-9-15-12-21(25)22(26)13-19(15)23-17/h5-7,9-11,13,20-26H,2-4,8,12,14H2,1H3. The number of hydrogen-bond acceptors (Lipinski definition) is 5. The van der Waals surface area contributed by atoms with Gasteiger partial charge in [-0.25, -0.2) is 0 Å². The second kappa shape index (κ2) is 9.22. The van der Waals surface area contributed by atoms with E-state index in [1.165, 1.54) is 0 Å². The second-order valence-corrected chi connectivity index (χ2v) is 7.22. The minimum absolute atomic E-state index is 0.356. The zero-order chi connectivity index (χ0) is 19.2.